The number of phenols is 1. The topological polar surface area (TPSA) is 74.6 Å². The molecule has 162 valence electrons. The number of carbonyl (C=O) groups excluding carboxylic acids is 1. The molecule has 3 aromatic carbocycles. The first-order valence-corrected chi connectivity index (χ1v) is 12.9. The van der Waals surface area contributed by atoms with Gasteiger partial charge >= 0.3 is 0 Å². The van der Waals surface area contributed by atoms with Gasteiger partial charge in [0.05, 0.1) is 26.1 Å². The lowest BCUT2D eigenvalue weighted by molar-refractivity contribution is -0.118. The smallest absolute Gasteiger partial charge is 0.230 e. The van der Waals surface area contributed by atoms with E-state index in [1.165, 1.54) is 23.1 Å². The summed E-state index contributed by atoms with van der Waals surface area (Å²) < 4.78 is 3.27. The minimum atomic E-state index is -0.0246. The zero-order chi connectivity index (χ0) is 22.5. The average Bonchev–Trinajstić information content (AvgIpc) is 3.20. The van der Waals surface area contributed by atoms with Gasteiger partial charge in [0.15, 0.2) is 4.34 Å². The zero-order valence-electron chi connectivity index (χ0n) is 16.6. The van der Waals surface area contributed by atoms with Crippen molar-refractivity contribution in [3.05, 3.63) is 80.7 Å². The molecular weight excluding hydrogens is 574 g/mol. The number of aromatic hydroxyl groups is 1. The fourth-order valence-corrected chi connectivity index (χ4v) is 6.03. The molecular formula is C23H17Br2N3O2S2. The van der Waals surface area contributed by atoms with Crippen molar-refractivity contribution in [2.45, 2.75) is 10.9 Å². The van der Waals surface area contributed by atoms with Gasteiger partial charge in [0.2, 0.25) is 5.91 Å². The molecule has 9 heteroatoms. The number of halogens is 2. The van der Waals surface area contributed by atoms with Crippen molar-refractivity contribution in [1.29, 1.82) is 0 Å². The van der Waals surface area contributed by atoms with Crippen LogP contribution in [0.1, 0.15) is 11.1 Å². The second-order valence-electron chi connectivity index (χ2n) is 6.77. The van der Waals surface area contributed by atoms with E-state index >= 15 is 0 Å². The molecule has 5 nitrogen and oxygen atoms in total. The van der Waals surface area contributed by atoms with E-state index in [4.69, 9.17) is 0 Å². The average molecular weight is 591 g/mol. The van der Waals surface area contributed by atoms with Crippen LogP contribution in [0.15, 0.2) is 78.9 Å². The van der Waals surface area contributed by atoms with Gasteiger partial charge in [-0.3, -0.25) is 9.79 Å². The summed E-state index contributed by atoms with van der Waals surface area (Å²) in [4.78, 5) is 21.2. The van der Waals surface area contributed by atoms with Gasteiger partial charge in [-0.05, 0) is 51.8 Å². The minimum absolute atomic E-state index is 0.0246. The van der Waals surface area contributed by atoms with E-state index in [1.807, 2.05) is 48.5 Å². The van der Waals surface area contributed by atoms with Crippen molar-refractivity contribution >= 4 is 83.0 Å². The molecule has 1 aromatic heterocycles. The molecule has 0 aliphatic heterocycles. The van der Waals surface area contributed by atoms with Crippen LogP contribution in [-0.4, -0.2) is 28.0 Å². The number of thioether (sulfide) groups is 1. The second-order valence-corrected chi connectivity index (χ2v) is 10.8. The van der Waals surface area contributed by atoms with Gasteiger partial charge in [-0.25, -0.2) is 4.98 Å². The summed E-state index contributed by atoms with van der Waals surface area (Å²) in [6, 6.07) is 19.1. The number of nitrogens with zero attached hydrogens (tertiary/aromatic N) is 2. The summed E-state index contributed by atoms with van der Waals surface area (Å²) in [6.45, 7) is 0.519. The minimum Gasteiger partial charge on any atom is -0.506 e. The van der Waals surface area contributed by atoms with Crippen LogP contribution in [-0.2, 0) is 11.3 Å². The van der Waals surface area contributed by atoms with Crippen LogP contribution in [0.4, 0.5) is 5.69 Å². The Morgan fingerprint density at radius 1 is 1.16 bits per heavy atom. The molecule has 1 amide bonds. The number of aromatic nitrogens is 1. The van der Waals surface area contributed by atoms with Crippen LogP contribution in [0, 0.1) is 0 Å². The monoisotopic (exact) mass is 589 g/mol. The number of hydrogen-bond donors (Lipinski definition) is 2. The van der Waals surface area contributed by atoms with Gasteiger partial charge in [-0.15, -0.1) is 11.3 Å². The molecule has 0 saturated heterocycles. The maximum absolute atomic E-state index is 12.2. The highest BCUT2D eigenvalue weighted by atomic mass is 79.9. The normalized spacial score (nSPS) is 11.3. The van der Waals surface area contributed by atoms with E-state index < -0.39 is 0 Å². The highest BCUT2D eigenvalue weighted by molar-refractivity contribution is 9.11. The Morgan fingerprint density at radius 3 is 2.78 bits per heavy atom. The van der Waals surface area contributed by atoms with Gasteiger partial charge < -0.3 is 10.4 Å². The fourth-order valence-electron chi connectivity index (χ4n) is 2.84. The van der Waals surface area contributed by atoms with E-state index in [0.29, 0.717) is 22.3 Å². The van der Waals surface area contributed by atoms with E-state index in [0.717, 1.165) is 30.3 Å². The fraction of sp³-hybridized carbons (Fsp3) is 0.0870. The van der Waals surface area contributed by atoms with Crippen molar-refractivity contribution in [3.63, 3.8) is 0 Å². The molecule has 0 saturated carbocycles. The van der Waals surface area contributed by atoms with Crippen molar-refractivity contribution in [2.75, 3.05) is 5.75 Å². The number of phenolic OH excluding ortho intramolecular Hbond substituents is 1. The third-order valence-electron chi connectivity index (χ3n) is 4.42. The molecule has 0 unspecified atom stereocenters. The number of aliphatic imine (C=N–C) groups is 1. The number of fused-ring (bicyclic) bond motifs is 1. The van der Waals surface area contributed by atoms with Crippen LogP contribution in [0.5, 0.6) is 5.75 Å². The number of nitrogens with one attached hydrogen (secondary N) is 1. The number of rotatable bonds is 7. The quantitative estimate of drug-likeness (QED) is 0.186. The van der Waals surface area contributed by atoms with Crippen molar-refractivity contribution in [1.82, 2.24) is 10.3 Å². The van der Waals surface area contributed by atoms with Gasteiger partial charge in [0, 0.05) is 22.8 Å². The summed E-state index contributed by atoms with van der Waals surface area (Å²) in [5.41, 5.74) is 3.30. The lowest BCUT2D eigenvalue weighted by atomic mass is 10.2. The predicted octanol–water partition coefficient (Wildman–Crippen LogP) is 6.69. The number of carbonyl (C=O) groups is 1. The molecule has 0 atom stereocenters. The molecule has 0 radical (unpaired) electrons. The van der Waals surface area contributed by atoms with Crippen LogP contribution >= 0.6 is 55.0 Å². The van der Waals surface area contributed by atoms with E-state index in [9.17, 15) is 9.90 Å². The molecule has 0 fully saturated rings. The van der Waals surface area contributed by atoms with Crippen LogP contribution in [0.3, 0.4) is 0 Å². The lowest BCUT2D eigenvalue weighted by Crippen LogP contribution is -2.24. The third kappa shape index (κ3) is 5.98. The lowest BCUT2D eigenvalue weighted by Gasteiger charge is -2.03. The first-order valence-electron chi connectivity index (χ1n) is 9.54. The Morgan fingerprint density at radius 2 is 1.97 bits per heavy atom. The van der Waals surface area contributed by atoms with Crippen LogP contribution < -0.4 is 5.32 Å². The highest BCUT2D eigenvalue weighted by Gasteiger charge is 2.09. The molecule has 0 aliphatic carbocycles. The summed E-state index contributed by atoms with van der Waals surface area (Å²) in [5, 5.41) is 13.1. The van der Waals surface area contributed by atoms with Gasteiger partial charge in [0.25, 0.3) is 0 Å². The van der Waals surface area contributed by atoms with E-state index in [-0.39, 0.29) is 11.7 Å². The standard InChI is InChI=1S/C23H17Br2N3O2S2/c24-16-8-15(22(30)18(25)9-16)12-26-17-6-7-19-20(10-17)32-23(28-19)31-13-21(29)27-11-14-4-2-1-3-5-14/h1-10,12,30H,11,13H2,(H,27,29). The zero-order valence-corrected chi connectivity index (χ0v) is 21.4. The Labute approximate surface area is 210 Å². The number of thiazole rings is 1. The highest BCUT2D eigenvalue weighted by Crippen LogP contribution is 2.33. The predicted molar refractivity (Wildman–Crippen MR) is 139 cm³/mol. The number of amides is 1. The summed E-state index contributed by atoms with van der Waals surface area (Å²) in [6.07, 6.45) is 1.62. The summed E-state index contributed by atoms with van der Waals surface area (Å²) in [7, 11) is 0. The number of hydrogen-bond acceptors (Lipinski definition) is 6. The van der Waals surface area contributed by atoms with E-state index in [2.05, 4.69) is 47.2 Å². The maximum atomic E-state index is 12.2. The second kappa shape index (κ2) is 10.6. The van der Waals surface area contributed by atoms with Gasteiger partial charge in [-0.1, -0.05) is 58.0 Å². The molecule has 2 N–H and O–H groups in total. The Bertz CT molecular complexity index is 1290. The van der Waals surface area contributed by atoms with Crippen LogP contribution in [0.2, 0.25) is 0 Å². The van der Waals surface area contributed by atoms with Crippen LogP contribution in [0.25, 0.3) is 10.2 Å². The van der Waals surface area contributed by atoms with Crippen molar-refractivity contribution in [2.24, 2.45) is 4.99 Å². The molecule has 4 aromatic rings. The summed E-state index contributed by atoms with van der Waals surface area (Å²) >= 11 is 9.70. The molecule has 0 spiro atoms. The van der Waals surface area contributed by atoms with Gasteiger partial charge in [0.1, 0.15) is 5.75 Å². The Kier molecular flexibility index (Phi) is 7.62. The van der Waals surface area contributed by atoms with Crippen molar-refractivity contribution < 1.29 is 9.90 Å². The summed E-state index contributed by atoms with van der Waals surface area (Å²) in [5.74, 6) is 0.428. The molecule has 4 rings (SSSR count). The molecule has 0 aliphatic rings. The van der Waals surface area contributed by atoms with E-state index in [1.54, 1.807) is 18.3 Å². The molecule has 32 heavy (non-hydrogen) atoms. The third-order valence-corrected chi connectivity index (χ3v) is 7.65. The first-order chi connectivity index (χ1) is 15.5. The number of benzene rings is 3. The largest absolute Gasteiger partial charge is 0.506 e. The maximum Gasteiger partial charge on any atom is 0.230 e. The molecule has 0 bridgehead atoms. The Hall–Kier alpha value is -2.20. The Balaban J connectivity index is 1.39. The molecule has 1 heterocycles. The van der Waals surface area contributed by atoms with Crippen molar-refractivity contribution in [3.8, 4) is 5.75 Å². The SMILES string of the molecule is O=C(CSc1nc2ccc(N=Cc3cc(Br)cc(Br)c3O)cc2s1)NCc1ccccc1. The first kappa shape index (κ1) is 23.0. The van der Waals surface area contributed by atoms with Gasteiger partial charge in [-0.2, -0.15) is 0 Å².